The second kappa shape index (κ2) is 6.73. The number of nitrogens with one attached hydrogen (secondary N) is 1. The Labute approximate surface area is 113 Å². The van der Waals surface area contributed by atoms with Crippen molar-refractivity contribution in [1.82, 2.24) is 5.32 Å². The lowest BCUT2D eigenvalue weighted by Crippen LogP contribution is -2.45. The number of amides is 1. The Bertz CT molecular complexity index is 463. The van der Waals surface area contributed by atoms with Gasteiger partial charge in [-0.25, -0.2) is 4.79 Å². The summed E-state index contributed by atoms with van der Waals surface area (Å²) in [6.45, 7) is 7.35. The third-order valence-corrected chi connectivity index (χ3v) is 2.82. The largest absolute Gasteiger partial charge is 0.467 e. The van der Waals surface area contributed by atoms with Crippen molar-refractivity contribution in [3.05, 3.63) is 42.0 Å². The smallest absolute Gasteiger partial charge is 0.328 e. The number of carbonyl (C=O) groups excluding carboxylic acids is 2. The van der Waals surface area contributed by atoms with Crippen LogP contribution in [0.5, 0.6) is 0 Å². The molecule has 0 unspecified atom stereocenters. The Morgan fingerprint density at radius 3 is 2.26 bits per heavy atom. The highest BCUT2D eigenvalue weighted by atomic mass is 16.5. The van der Waals surface area contributed by atoms with Crippen LogP contribution in [0.4, 0.5) is 0 Å². The van der Waals surface area contributed by atoms with E-state index in [-0.39, 0.29) is 11.8 Å². The Morgan fingerprint density at radius 1 is 1.26 bits per heavy atom. The highest BCUT2D eigenvalue weighted by molar-refractivity contribution is 5.97. The second-order valence-corrected chi connectivity index (χ2v) is 4.54. The number of hydrogen-bond donors (Lipinski definition) is 1. The lowest BCUT2D eigenvalue weighted by molar-refractivity contribution is -0.144. The summed E-state index contributed by atoms with van der Waals surface area (Å²) in [5, 5.41) is 2.68. The van der Waals surface area contributed by atoms with Crippen molar-refractivity contribution < 1.29 is 14.3 Å². The molecule has 1 aromatic rings. The van der Waals surface area contributed by atoms with E-state index in [0.717, 1.165) is 5.56 Å². The molecule has 0 saturated heterocycles. The van der Waals surface area contributed by atoms with E-state index in [0.29, 0.717) is 5.56 Å². The number of methoxy groups -OCH3 is 1. The summed E-state index contributed by atoms with van der Waals surface area (Å²) in [6.07, 6.45) is 1.70. The number of esters is 1. The Morgan fingerprint density at radius 2 is 1.84 bits per heavy atom. The zero-order valence-electron chi connectivity index (χ0n) is 11.5. The molecule has 4 heteroatoms. The zero-order valence-corrected chi connectivity index (χ0v) is 11.5. The molecule has 0 radical (unpaired) electrons. The highest BCUT2D eigenvalue weighted by Gasteiger charge is 2.25. The summed E-state index contributed by atoms with van der Waals surface area (Å²) in [6, 6.07) is 6.34. The van der Waals surface area contributed by atoms with Crippen LogP contribution < -0.4 is 5.32 Å². The van der Waals surface area contributed by atoms with Gasteiger partial charge in [0.05, 0.1) is 7.11 Å². The molecule has 1 atom stereocenters. The first-order chi connectivity index (χ1) is 8.99. The number of hydrogen-bond acceptors (Lipinski definition) is 3. The van der Waals surface area contributed by atoms with E-state index in [1.165, 1.54) is 7.11 Å². The molecule has 0 aliphatic heterocycles. The molecule has 1 rings (SSSR count). The van der Waals surface area contributed by atoms with Crippen molar-refractivity contribution in [2.45, 2.75) is 19.9 Å². The van der Waals surface area contributed by atoms with E-state index in [9.17, 15) is 9.59 Å². The van der Waals surface area contributed by atoms with Gasteiger partial charge < -0.3 is 10.1 Å². The van der Waals surface area contributed by atoms with Gasteiger partial charge in [-0.2, -0.15) is 0 Å². The molecule has 4 nitrogen and oxygen atoms in total. The van der Waals surface area contributed by atoms with Crippen LogP contribution in [-0.4, -0.2) is 25.0 Å². The van der Waals surface area contributed by atoms with Crippen LogP contribution in [-0.2, 0) is 9.53 Å². The van der Waals surface area contributed by atoms with Crippen molar-refractivity contribution >= 4 is 18.0 Å². The van der Waals surface area contributed by atoms with Crippen LogP contribution in [0, 0.1) is 5.92 Å². The van der Waals surface area contributed by atoms with Crippen LogP contribution in [0.15, 0.2) is 30.8 Å². The quantitative estimate of drug-likeness (QED) is 0.827. The molecule has 0 aliphatic rings. The molecule has 1 N–H and O–H groups in total. The predicted molar refractivity (Wildman–Crippen MR) is 74.6 cm³/mol. The second-order valence-electron chi connectivity index (χ2n) is 4.54. The van der Waals surface area contributed by atoms with Crippen molar-refractivity contribution in [2.24, 2.45) is 5.92 Å². The standard InChI is InChI=1S/C15H19NO3/c1-5-11-6-8-12(9-7-11)14(17)16-13(10(2)3)15(18)19-4/h5-10,13H,1H2,2-4H3,(H,16,17)/t13-/m0/s1. The lowest BCUT2D eigenvalue weighted by Gasteiger charge is -2.19. The fourth-order valence-corrected chi connectivity index (χ4v) is 1.62. The molecule has 0 fully saturated rings. The maximum absolute atomic E-state index is 12.0. The van der Waals surface area contributed by atoms with Gasteiger partial charge in [0, 0.05) is 5.56 Å². The fraction of sp³-hybridized carbons (Fsp3) is 0.333. The molecule has 0 bridgehead atoms. The number of carbonyl (C=O) groups is 2. The Hall–Kier alpha value is -2.10. The van der Waals surface area contributed by atoms with E-state index in [1.54, 1.807) is 30.3 Å². The summed E-state index contributed by atoms with van der Waals surface area (Å²) in [4.78, 5) is 23.6. The monoisotopic (exact) mass is 261 g/mol. The third kappa shape index (κ3) is 3.95. The number of benzene rings is 1. The van der Waals surface area contributed by atoms with Crippen LogP contribution in [0.25, 0.3) is 6.08 Å². The van der Waals surface area contributed by atoms with Gasteiger partial charge in [0.2, 0.25) is 0 Å². The van der Waals surface area contributed by atoms with Crippen LogP contribution in [0.1, 0.15) is 29.8 Å². The average Bonchev–Trinajstić information content (AvgIpc) is 2.43. The first kappa shape index (κ1) is 15.0. The Kier molecular flexibility index (Phi) is 5.30. The van der Waals surface area contributed by atoms with E-state index in [2.05, 4.69) is 16.6 Å². The molecule has 1 aromatic carbocycles. The summed E-state index contributed by atoms with van der Waals surface area (Å²) in [7, 11) is 1.31. The number of ether oxygens (including phenoxy) is 1. The number of rotatable bonds is 5. The van der Waals surface area contributed by atoms with Crippen LogP contribution in [0.2, 0.25) is 0 Å². The molecule has 102 valence electrons. The lowest BCUT2D eigenvalue weighted by atomic mass is 10.0. The molecule has 0 spiro atoms. The van der Waals surface area contributed by atoms with Crippen molar-refractivity contribution in [1.29, 1.82) is 0 Å². The molecule has 0 saturated carbocycles. The maximum atomic E-state index is 12.0. The van der Waals surface area contributed by atoms with Gasteiger partial charge in [-0.1, -0.05) is 38.6 Å². The normalized spacial score (nSPS) is 11.8. The van der Waals surface area contributed by atoms with Crippen molar-refractivity contribution in [3.8, 4) is 0 Å². The van der Waals surface area contributed by atoms with Gasteiger partial charge in [0.1, 0.15) is 6.04 Å². The minimum absolute atomic E-state index is 0.0381. The molecule has 0 aromatic heterocycles. The fourth-order valence-electron chi connectivity index (χ4n) is 1.62. The molecule has 0 heterocycles. The molecular weight excluding hydrogens is 242 g/mol. The third-order valence-electron chi connectivity index (χ3n) is 2.82. The first-order valence-corrected chi connectivity index (χ1v) is 6.10. The van der Waals surface area contributed by atoms with Crippen LogP contribution in [0.3, 0.4) is 0 Å². The predicted octanol–water partition coefficient (Wildman–Crippen LogP) is 2.26. The van der Waals surface area contributed by atoms with Gasteiger partial charge in [-0.3, -0.25) is 4.79 Å². The Balaban J connectivity index is 2.81. The minimum atomic E-state index is -0.642. The molecule has 1 amide bonds. The summed E-state index contributed by atoms with van der Waals surface area (Å²) in [5.41, 5.74) is 1.44. The van der Waals surface area contributed by atoms with Gasteiger partial charge >= 0.3 is 5.97 Å². The van der Waals surface area contributed by atoms with Gasteiger partial charge in [-0.05, 0) is 23.6 Å². The molecule has 19 heavy (non-hydrogen) atoms. The van der Waals surface area contributed by atoms with E-state index < -0.39 is 12.0 Å². The summed E-state index contributed by atoms with van der Waals surface area (Å²) < 4.78 is 4.68. The first-order valence-electron chi connectivity index (χ1n) is 6.10. The van der Waals surface area contributed by atoms with Crippen molar-refractivity contribution in [2.75, 3.05) is 7.11 Å². The van der Waals surface area contributed by atoms with Gasteiger partial charge in [0.25, 0.3) is 5.91 Å². The summed E-state index contributed by atoms with van der Waals surface area (Å²) >= 11 is 0. The molecule has 0 aliphatic carbocycles. The SMILES string of the molecule is C=Cc1ccc(C(=O)N[C@H](C(=O)OC)C(C)C)cc1. The van der Waals surface area contributed by atoms with E-state index in [4.69, 9.17) is 0 Å². The summed E-state index contributed by atoms with van der Waals surface area (Å²) in [5.74, 6) is -0.769. The maximum Gasteiger partial charge on any atom is 0.328 e. The highest BCUT2D eigenvalue weighted by Crippen LogP contribution is 2.08. The topological polar surface area (TPSA) is 55.4 Å². The van der Waals surface area contributed by atoms with Gasteiger partial charge in [-0.15, -0.1) is 0 Å². The van der Waals surface area contributed by atoms with E-state index in [1.807, 2.05) is 13.8 Å². The zero-order chi connectivity index (χ0) is 14.4. The van der Waals surface area contributed by atoms with Crippen molar-refractivity contribution in [3.63, 3.8) is 0 Å². The van der Waals surface area contributed by atoms with Crippen LogP contribution >= 0.6 is 0 Å². The minimum Gasteiger partial charge on any atom is -0.467 e. The molecular formula is C15H19NO3. The van der Waals surface area contributed by atoms with E-state index >= 15 is 0 Å². The average molecular weight is 261 g/mol. The van der Waals surface area contributed by atoms with Gasteiger partial charge in [0.15, 0.2) is 0 Å².